The Morgan fingerprint density at radius 2 is 1.77 bits per heavy atom. The van der Waals surface area contributed by atoms with Gasteiger partial charge in [-0.05, 0) is 25.3 Å². The lowest BCUT2D eigenvalue weighted by Gasteiger charge is -2.48. The fourth-order valence-corrected chi connectivity index (χ4v) is 4.43. The van der Waals surface area contributed by atoms with Gasteiger partial charge in [0.2, 0.25) is 5.95 Å². The van der Waals surface area contributed by atoms with Gasteiger partial charge in [-0.1, -0.05) is 5.16 Å². The molecule has 0 saturated carbocycles. The summed E-state index contributed by atoms with van der Waals surface area (Å²) < 4.78 is 5.55. The summed E-state index contributed by atoms with van der Waals surface area (Å²) in [7, 11) is 0. The van der Waals surface area contributed by atoms with Crippen LogP contribution in [0.15, 0.2) is 23.0 Å². The van der Waals surface area contributed by atoms with Crippen molar-refractivity contribution in [3.8, 4) is 0 Å². The fraction of sp³-hybridized carbons (Fsp3) is 0.632. The molecular formula is C19H26N6O. The quantitative estimate of drug-likeness (QED) is 0.821. The highest BCUT2D eigenvalue weighted by atomic mass is 16.5. The Bertz CT molecular complexity index is 734. The molecule has 4 heterocycles. The number of hydrogen-bond donors (Lipinski definition) is 0. The second kappa shape index (κ2) is 6.96. The molecule has 0 bridgehead atoms. The van der Waals surface area contributed by atoms with Gasteiger partial charge >= 0.3 is 0 Å². The van der Waals surface area contributed by atoms with Gasteiger partial charge in [0.05, 0.1) is 0 Å². The first kappa shape index (κ1) is 16.2. The number of nitrogens with zero attached hydrogens (tertiary/aromatic N) is 6. The third-order valence-electron chi connectivity index (χ3n) is 6.01. The summed E-state index contributed by atoms with van der Waals surface area (Å²) in [6, 6.07) is 2.55. The number of anilines is 1. The van der Waals surface area contributed by atoms with Crippen LogP contribution in [-0.2, 0) is 19.4 Å². The van der Waals surface area contributed by atoms with E-state index in [1.807, 2.05) is 18.5 Å². The molecule has 2 aromatic heterocycles. The van der Waals surface area contributed by atoms with Crippen molar-refractivity contribution in [2.24, 2.45) is 0 Å². The lowest BCUT2D eigenvalue weighted by Crippen LogP contribution is -2.62. The predicted molar refractivity (Wildman–Crippen MR) is 98.0 cm³/mol. The third-order valence-corrected chi connectivity index (χ3v) is 6.01. The predicted octanol–water partition coefficient (Wildman–Crippen LogP) is 1.35. The number of piperazine rings is 1. The van der Waals surface area contributed by atoms with E-state index >= 15 is 0 Å². The average molecular weight is 354 g/mol. The van der Waals surface area contributed by atoms with Crippen molar-refractivity contribution >= 4 is 5.95 Å². The second-order valence-electron chi connectivity index (χ2n) is 7.66. The highest BCUT2D eigenvalue weighted by molar-refractivity contribution is 5.29. The van der Waals surface area contributed by atoms with Gasteiger partial charge in [-0.2, -0.15) is 0 Å². The maximum atomic E-state index is 5.55. The zero-order valence-corrected chi connectivity index (χ0v) is 15.2. The van der Waals surface area contributed by atoms with Crippen LogP contribution in [-0.4, -0.2) is 70.2 Å². The first-order chi connectivity index (χ1) is 12.9. The standard InChI is InChI=1S/C19H26N6O/c1-2-5-18-16(4-1)17(22-26-18)14-23-12-15(13-23)24-8-10-25(11-9-24)19-20-6-3-7-21-19/h3,6-7,15H,1-2,4-5,8-14H2. The Morgan fingerprint density at radius 1 is 1.00 bits per heavy atom. The third kappa shape index (κ3) is 3.10. The Balaban J connectivity index is 1.11. The molecule has 3 aliphatic rings. The molecule has 1 aliphatic carbocycles. The van der Waals surface area contributed by atoms with Crippen LogP contribution in [0.3, 0.4) is 0 Å². The highest BCUT2D eigenvalue weighted by Gasteiger charge is 2.34. The number of hydrogen-bond acceptors (Lipinski definition) is 7. The molecule has 7 heteroatoms. The smallest absolute Gasteiger partial charge is 0.225 e. The molecule has 0 N–H and O–H groups in total. The zero-order chi connectivity index (χ0) is 17.3. The molecule has 138 valence electrons. The summed E-state index contributed by atoms with van der Waals surface area (Å²) in [5.74, 6) is 2.00. The number of likely N-dealkylation sites (tertiary alicyclic amines) is 1. The minimum Gasteiger partial charge on any atom is -0.361 e. The van der Waals surface area contributed by atoms with Crippen molar-refractivity contribution in [2.45, 2.75) is 38.3 Å². The first-order valence-corrected chi connectivity index (χ1v) is 9.81. The van der Waals surface area contributed by atoms with E-state index in [9.17, 15) is 0 Å². The number of rotatable bonds is 4. The SMILES string of the molecule is c1cnc(N2CCN(C3CN(Cc4noc5c4CCCC5)C3)CC2)nc1. The summed E-state index contributed by atoms with van der Waals surface area (Å²) in [6.07, 6.45) is 8.38. The summed E-state index contributed by atoms with van der Waals surface area (Å²) in [4.78, 5) is 16.1. The topological polar surface area (TPSA) is 61.5 Å². The van der Waals surface area contributed by atoms with Gasteiger partial charge in [0, 0.05) is 76.2 Å². The van der Waals surface area contributed by atoms with Gasteiger partial charge in [-0.15, -0.1) is 0 Å². The van der Waals surface area contributed by atoms with Crippen LogP contribution in [0.4, 0.5) is 5.95 Å². The Morgan fingerprint density at radius 3 is 2.58 bits per heavy atom. The number of fused-ring (bicyclic) bond motifs is 1. The van der Waals surface area contributed by atoms with Crippen molar-refractivity contribution < 1.29 is 4.52 Å². The maximum Gasteiger partial charge on any atom is 0.225 e. The molecule has 0 atom stereocenters. The van der Waals surface area contributed by atoms with Gasteiger partial charge < -0.3 is 9.42 Å². The molecule has 0 amide bonds. The summed E-state index contributed by atoms with van der Waals surface area (Å²) in [6.45, 7) is 7.45. The molecule has 2 fully saturated rings. The molecule has 2 saturated heterocycles. The lowest BCUT2D eigenvalue weighted by molar-refractivity contribution is 0.0241. The molecule has 2 aliphatic heterocycles. The monoisotopic (exact) mass is 354 g/mol. The first-order valence-electron chi connectivity index (χ1n) is 9.81. The molecule has 7 nitrogen and oxygen atoms in total. The van der Waals surface area contributed by atoms with Crippen molar-refractivity contribution in [1.82, 2.24) is 24.9 Å². The zero-order valence-electron chi connectivity index (χ0n) is 15.2. The highest BCUT2D eigenvalue weighted by Crippen LogP contribution is 2.27. The maximum absolute atomic E-state index is 5.55. The van der Waals surface area contributed by atoms with E-state index in [1.54, 1.807) is 0 Å². The lowest BCUT2D eigenvalue weighted by atomic mass is 9.96. The normalized spacial score (nSPS) is 22.2. The molecule has 26 heavy (non-hydrogen) atoms. The van der Waals surface area contributed by atoms with E-state index < -0.39 is 0 Å². The van der Waals surface area contributed by atoms with Crippen molar-refractivity contribution in [3.05, 3.63) is 35.5 Å². The Labute approximate surface area is 154 Å². The number of aryl methyl sites for hydroxylation is 1. The van der Waals surface area contributed by atoms with Crippen molar-refractivity contribution in [2.75, 3.05) is 44.2 Å². The average Bonchev–Trinajstić information content (AvgIpc) is 3.08. The van der Waals surface area contributed by atoms with E-state index in [0.29, 0.717) is 6.04 Å². The van der Waals surface area contributed by atoms with E-state index in [-0.39, 0.29) is 0 Å². The molecule has 2 aromatic rings. The molecule has 0 radical (unpaired) electrons. The molecule has 0 unspecified atom stereocenters. The van der Waals surface area contributed by atoms with E-state index in [4.69, 9.17) is 4.52 Å². The second-order valence-corrected chi connectivity index (χ2v) is 7.66. The number of aromatic nitrogens is 3. The summed E-state index contributed by atoms with van der Waals surface area (Å²) >= 11 is 0. The van der Waals surface area contributed by atoms with Crippen LogP contribution in [0.2, 0.25) is 0 Å². The Hall–Kier alpha value is -1.99. The van der Waals surface area contributed by atoms with E-state index in [1.165, 1.54) is 24.1 Å². The van der Waals surface area contributed by atoms with E-state index in [2.05, 4.69) is 29.8 Å². The largest absolute Gasteiger partial charge is 0.361 e. The molecule has 0 spiro atoms. The van der Waals surface area contributed by atoms with Gasteiger partial charge in [0.15, 0.2) is 0 Å². The Kier molecular flexibility index (Phi) is 4.34. The van der Waals surface area contributed by atoms with Gasteiger partial charge in [-0.3, -0.25) is 9.80 Å². The van der Waals surface area contributed by atoms with Crippen LogP contribution < -0.4 is 4.90 Å². The van der Waals surface area contributed by atoms with Crippen LogP contribution in [0.5, 0.6) is 0 Å². The molecule has 0 aromatic carbocycles. The van der Waals surface area contributed by atoms with Crippen LogP contribution in [0, 0.1) is 0 Å². The fourth-order valence-electron chi connectivity index (χ4n) is 4.43. The van der Waals surface area contributed by atoms with Crippen LogP contribution in [0.25, 0.3) is 0 Å². The molecule has 5 rings (SSSR count). The van der Waals surface area contributed by atoms with Crippen LogP contribution in [0.1, 0.15) is 29.9 Å². The van der Waals surface area contributed by atoms with Gasteiger partial charge in [0.1, 0.15) is 11.5 Å². The molecular weight excluding hydrogens is 328 g/mol. The van der Waals surface area contributed by atoms with Gasteiger partial charge in [-0.25, -0.2) is 9.97 Å². The van der Waals surface area contributed by atoms with E-state index in [0.717, 1.165) is 70.4 Å². The van der Waals surface area contributed by atoms with Crippen LogP contribution >= 0.6 is 0 Å². The van der Waals surface area contributed by atoms with Crippen molar-refractivity contribution in [1.29, 1.82) is 0 Å². The van der Waals surface area contributed by atoms with Gasteiger partial charge in [0.25, 0.3) is 0 Å². The minimum absolute atomic E-state index is 0.677. The summed E-state index contributed by atoms with van der Waals surface area (Å²) in [5, 5.41) is 4.35. The minimum atomic E-state index is 0.677. The summed E-state index contributed by atoms with van der Waals surface area (Å²) in [5.41, 5.74) is 2.58. The van der Waals surface area contributed by atoms with Crippen molar-refractivity contribution in [3.63, 3.8) is 0 Å².